The fourth-order valence-corrected chi connectivity index (χ4v) is 6.77. The van der Waals surface area contributed by atoms with Gasteiger partial charge in [-0.25, -0.2) is 9.59 Å². The Balaban J connectivity index is 0.000000179. The Kier molecular flexibility index (Phi) is 12.8. The number of pyridine rings is 3. The molecule has 4 aromatic heterocycles. The maximum absolute atomic E-state index is 12.5. The van der Waals surface area contributed by atoms with Gasteiger partial charge in [0.25, 0.3) is 0 Å². The largest absolute Gasteiger partial charge is 0.505 e. The van der Waals surface area contributed by atoms with E-state index in [0.717, 1.165) is 11.1 Å². The number of amides is 2. The molecular weight excluding hydrogens is 793 g/mol. The Bertz CT molecular complexity index is 2670. The zero-order valence-corrected chi connectivity index (χ0v) is 32.5. The van der Waals surface area contributed by atoms with E-state index in [9.17, 15) is 19.8 Å². The Morgan fingerprint density at radius 1 is 0.593 bits per heavy atom. The Morgan fingerprint density at radius 2 is 1.08 bits per heavy atom. The van der Waals surface area contributed by atoms with E-state index in [2.05, 4.69) is 25.6 Å². The molecule has 0 radical (unpaired) electrons. The molecule has 14 heteroatoms. The predicted molar refractivity (Wildman–Crippen MR) is 223 cm³/mol. The number of rotatable bonds is 10. The highest BCUT2D eigenvalue weighted by molar-refractivity contribution is 6.36. The van der Waals surface area contributed by atoms with E-state index < -0.39 is 24.3 Å². The van der Waals surface area contributed by atoms with Crippen molar-refractivity contribution in [2.24, 2.45) is 0 Å². The van der Waals surface area contributed by atoms with E-state index in [1.54, 1.807) is 85.3 Å². The molecule has 2 atom stereocenters. The molecule has 8 rings (SSSR count). The molecule has 8 aromatic rings. The number of furan rings is 1. The summed E-state index contributed by atoms with van der Waals surface area (Å²) in [5, 5.41) is 29.3. The van der Waals surface area contributed by atoms with Crippen molar-refractivity contribution in [2.45, 2.75) is 25.3 Å². The zero-order valence-electron chi connectivity index (χ0n) is 31.0. The second-order valence-electron chi connectivity index (χ2n) is 12.9. The van der Waals surface area contributed by atoms with Gasteiger partial charge in [0.1, 0.15) is 53.6 Å². The van der Waals surface area contributed by atoms with Crippen LogP contribution in [0.15, 0.2) is 157 Å². The molecule has 2 unspecified atom stereocenters. The van der Waals surface area contributed by atoms with E-state index in [1.807, 2.05) is 60.7 Å². The molecule has 4 N–H and O–H groups in total. The highest BCUT2D eigenvalue weighted by atomic mass is 35.5. The van der Waals surface area contributed by atoms with E-state index in [0.29, 0.717) is 54.4 Å². The molecule has 4 aromatic carbocycles. The van der Waals surface area contributed by atoms with Crippen LogP contribution in [-0.4, -0.2) is 37.4 Å². The van der Waals surface area contributed by atoms with Crippen LogP contribution < -0.4 is 10.6 Å². The maximum Gasteiger partial charge on any atom is 0.408 e. The topological polar surface area (TPSA) is 169 Å². The first kappa shape index (κ1) is 40.1. The first-order chi connectivity index (χ1) is 28.8. The van der Waals surface area contributed by atoms with Gasteiger partial charge in [-0.15, -0.1) is 0 Å². The van der Waals surface area contributed by atoms with Crippen LogP contribution in [0.2, 0.25) is 10.0 Å². The van der Waals surface area contributed by atoms with Crippen LogP contribution in [0, 0.1) is 0 Å². The summed E-state index contributed by atoms with van der Waals surface area (Å²) in [4.78, 5) is 37.8. The smallest absolute Gasteiger partial charge is 0.408 e. The van der Waals surface area contributed by atoms with Crippen molar-refractivity contribution in [3.8, 4) is 11.5 Å². The van der Waals surface area contributed by atoms with Gasteiger partial charge < -0.3 is 34.7 Å². The van der Waals surface area contributed by atoms with E-state index in [1.165, 1.54) is 6.26 Å². The standard InChI is InChI=1S/C23H18ClN3O3.C22H17ClN2O4/c24-18-13-17(22(28)21-16(18)9-6-12-26-21)20(19-10-4-5-11-25-19)27-23(29)30-14-15-7-2-1-3-8-15;23-17-12-16(21(26)20-15(17)8-4-10-24-20)19(18-9-5-11-28-18)25-22(27)29-13-14-6-2-1-3-7-14/h1-13,20,28H,14H2,(H,27,29);1-12,19,26H,13H2,(H,25,27). The Morgan fingerprint density at radius 3 is 1.58 bits per heavy atom. The molecule has 0 spiro atoms. The molecular formula is C45H35Cl2N5O7. The number of hydrogen-bond acceptors (Lipinski definition) is 10. The minimum atomic E-state index is -0.808. The SMILES string of the molecule is O=C(NC(c1ccccn1)c1cc(Cl)c2cccnc2c1O)OCc1ccccc1.O=C(NC(c1ccco1)c1cc(Cl)c2cccnc2c1O)OCc1ccccc1. The molecule has 0 saturated heterocycles. The Hall–Kier alpha value is -7.15. The summed E-state index contributed by atoms with van der Waals surface area (Å²) in [5.41, 5.74) is 3.66. The number of aromatic nitrogens is 3. The summed E-state index contributed by atoms with van der Waals surface area (Å²) in [7, 11) is 0. The second kappa shape index (κ2) is 18.9. The first-order valence-electron chi connectivity index (χ1n) is 18.2. The second-order valence-corrected chi connectivity index (χ2v) is 13.8. The van der Waals surface area contributed by atoms with Gasteiger partial charge in [0.05, 0.1) is 22.0 Å². The van der Waals surface area contributed by atoms with Gasteiger partial charge in [-0.1, -0.05) is 89.9 Å². The fourth-order valence-electron chi connectivity index (χ4n) is 6.23. The van der Waals surface area contributed by atoms with Crippen LogP contribution in [0.4, 0.5) is 9.59 Å². The lowest BCUT2D eigenvalue weighted by Crippen LogP contribution is -2.30. The third-order valence-electron chi connectivity index (χ3n) is 9.07. The van der Waals surface area contributed by atoms with Crippen LogP contribution in [0.3, 0.4) is 0 Å². The highest BCUT2D eigenvalue weighted by Crippen LogP contribution is 2.39. The molecule has 4 heterocycles. The molecule has 12 nitrogen and oxygen atoms in total. The van der Waals surface area contributed by atoms with E-state index >= 15 is 0 Å². The average molecular weight is 829 g/mol. The van der Waals surface area contributed by atoms with Crippen molar-refractivity contribution in [2.75, 3.05) is 0 Å². The van der Waals surface area contributed by atoms with Crippen molar-refractivity contribution in [1.29, 1.82) is 0 Å². The Labute approximate surface area is 348 Å². The third-order valence-corrected chi connectivity index (χ3v) is 9.70. The molecule has 0 fully saturated rings. The van der Waals surface area contributed by atoms with Crippen LogP contribution in [0.5, 0.6) is 11.5 Å². The predicted octanol–water partition coefficient (Wildman–Crippen LogP) is 10.2. The molecule has 0 aliphatic carbocycles. The van der Waals surface area contributed by atoms with Gasteiger partial charge in [0.2, 0.25) is 0 Å². The summed E-state index contributed by atoms with van der Waals surface area (Å²) in [6.07, 6.45) is 4.91. The van der Waals surface area contributed by atoms with E-state index in [-0.39, 0.29) is 24.7 Å². The van der Waals surface area contributed by atoms with Crippen molar-refractivity contribution >= 4 is 57.2 Å². The average Bonchev–Trinajstić information content (AvgIpc) is 3.82. The number of carbonyl (C=O) groups excluding carboxylic acids is 2. The molecule has 2 amide bonds. The molecule has 0 saturated carbocycles. The normalized spacial score (nSPS) is 11.8. The number of fused-ring (bicyclic) bond motifs is 2. The summed E-state index contributed by atoms with van der Waals surface area (Å²) < 4.78 is 16.1. The van der Waals surface area contributed by atoms with Crippen LogP contribution in [0.25, 0.3) is 21.8 Å². The number of alkyl carbamates (subject to hydrolysis) is 2. The fraction of sp³-hybridized carbons (Fsp3) is 0.0889. The number of nitrogens with zero attached hydrogens (tertiary/aromatic N) is 3. The number of phenolic OH excluding ortho intramolecular Hbond substituents is 2. The van der Waals surface area contributed by atoms with Gasteiger partial charge in [-0.2, -0.15) is 0 Å². The lowest BCUT2D eigenvalue weighted by atomic mass is 9.99. The van der Waals surface area contributed by atoms with Crippen LogP contribution in [0.1, 0.15) is 45.8 Å². The van der Waals surface area contributed by atoms with Gasteiger partial charge in [0, 0.05) is 40.5 Å². The number of ether oxygens (including phenoxy) is 2. The van der Waals surface area contributed by atoms with Gasteiger partial charge in [0.15, 0.2) is 0 Å². The van der Waals surface area contributed by atoms with E-state index in [4.69, 9.17) is 37.1 Å². The van der Waals surface area contributed by atoms with Crippen LogP contribution in [-0.2, 0) is 22.7 Å². The lowest BCUT2D eigenvalue weighted by molar-refractivity contribution is 0.135. The third kappa shape index (κ3) is 9.70. The first-order valence-corrected chi connectivity index (χ1v) is 18.9. The number of phenols is 2. The van der Waals surface area contributed by atoms with Crippen molar-refractivity contribution < 1.29 is 33.7 Å². The minimum absolute atomic E-state index is 0.0750. The van der Waals surface area contributed by atoms with Crippen LogP contribution >= 0.6 is 23.2 Å². The summed E-state index contributed by atoms with van der Waals surface area (Å²) in [6, 6.07) is 36.0. The number of aromatic hydroxyl groups is 2. The molecule has 0 bridgehead atoms. The summed E-state index contributed by atoms with van der Waals surface area (Å²) in [5.74, 6) is 0.257. The van der Waals surface area contributed by atoms with Crippen molar-refractivity contribution in [1.82, 2.24) is 25.6 Å². The molecule has 0 aliphatic heterocycles. The summed E-state index contributed by atoms with van der Waals surface area (Å²) >= 11 is 12.8. The highest BCUT2D eigenvalue weighted by Gasteiger charge is 2.27. The molecule has 296 valence electrons. The summed E-state index contributed by atoms with van der Waals surface area (Å²) in [6.45, 7) is 0.233. The number of benzene rings is 4. The minimum Gasteiger partial charge on any atom is -0.505 e. The lowest BCUT2D eigenvalue weighted by Gasteiger charge is -2.21. The number of hydrogen-bond donors (Lipinski definition) is 4. The maximum atomic E-state index is 12.5. The molecule has 59 heavy (non-hydrogen) atoms. The number of halogens is 2. The number of carbonyl (C=O) groups is 2. The van der Waals surface area contributed by atoms with Gasteiger partial charge in [-0.3, -0.25) is 15.0 Å². The van der Waals surface area contributed by atoms with Crippen molar-refractivity contribution in [3.63, 3.8) is 0 Å². The zero-order chi connectivity index (χ0) is 41.1. The van der Waals surface area contributed by atoms with Gasteiger partial charge in [-0.05, 0) is 71.8 Å². The monoisotopic (exact) mass is 827 g/mol. The quantitative estimate of drug-likeness (QED) is 0.104. The van der Waals surface area contributed by atoms with Gasteiger partial charge >= 0.3 is 12.2 Å². The molecule has 0 aliphatic rings. The van der Waals surface area contributed by atoms with Crippen molar-refractivity contribution in [3.05, 3.63) is 196 Å². The number of nitrogens with one attached hydrogen (secondary N) is 2.